The summed E-state index contributed by atoms with van der Waals surface area (Å²) in [6.07, 6.45) is 2.10. The summed E-state index contributed by atoms with van der Waals surface area (Å²) in [6.45, 7) is 8.01. The average molecular weight is 419 g/mol. The van der Waals surface area contributed by atoms with Gasteiger partial charge in [0.1, 0.15) is 0 Å². The molecule has 0 fully saturated rings. The zero-order valence-corrected chi connectivity index (χ0v) is 18.9. The Hall–Kier alpha value is -2.90. The Balaban J connectivity index is 2.11. The molecule has 0 aliphatic rings. The molecule has 1 aromatic heterocycles. The van der Waals surface area contributed by atoms with Gasteiger partial charge in [0, 0.05) is 24.1 Å². The van der Waals surface area contributed by atoms with Gasteiger partial charge < -0.3 is 29.4 Å². The van der Waals surface area contributed by atoms with E-state index in [2.05, 4.69) is 34.6 Å². The Morgan fingerprint density at radius 1 is 1.03 bits per heavy atom. The van der Waals surface area contributed by atoms with Crippen molar-refractivity contribution in [1.82, 2.24) is 15.8 Å². The van der Waals surface area contributed by atoms with Crippen molar-refractivity contribution in [3.05, 3.63) is 35.2 Å². The summed E-state index contributed by atoms with van der Waals surface area (Å²) in [5, 5.41) is 10.8. The largest absolute Gasteiger partial charge is 0.493 e. The van der Waals surface area contributed by atoms with E-state index < -0.39 is 0 Å². The molecule has 1 heterocycles. The SMILES string of the molecule is CCNC(=NCc1ccc(OC)c(OC)c1OC)NCc1cc(C(CC)CC)no1. The van der Waals surface area contributed by atoms with Crippen LogP contribution in [0.4, 0.5) is 0 Å². The molecule has 0 amide bonds. The minimum atomic E-state index is 0.411. The van der Waals surface area contributed by atoms with Gasteiger partial charge in [0.15, 0.2) is 23.2 Å². The summed E-state index contributed by atoms with van der Waals surface area (Å²) in [7, 11) is 4.79. The maximum Gasteiger partial charge on any atom is 0.203 e. The molecule has 0 aliphatic heterocycles. The Morgan fingerprint density at radius 2 is 1.77 bits per heavy atom. The van der Waals surface area contributed by atoms with Crippen molar-refractivity contribution < 1.29 is 18.7 Å². The monoisotopic (exact) mass is 418 g/mol. The molecule has 8 nitrogen and oxygen atoms in total. The van der Waals surface area contributed by atoms with Crippen LogP contribution in [-0.4, -0.2) is 39.0 Å². The second kappa shape index (κ2) is 11.9. The number of hydrogen-bond acceptors (Lipinski definition) is 6. The highest BCUT2D eigenvalue weighted by molar-refractivity contribution is 5.79. The number of nitrogens with zero attached hydrogens (tertiary/aromatic N) is 2. The third kappa shape index (κ3) is 5.81. The Kier molecular flexibility index (Phi) is 9.31. The summed E-state index contributed by atoms with van der Waals surface area (Å²) < 4.78 is 21.8. The topological polar surface area (TPSA) is 90.1 Å². The molecule has 1 aromatic carbocycles. The fourth-order valence-electron chi connectivity index (χ4n) is 3.28. The molecular formula is C22H34N4O4. The summed E-state index contributed by atoms with van der Waals surface area (Å²) in [5.74, 6) is 3.68. The van der Waals surface area contributed by atoms with E-state index in [9.17, 15) is 0 Å². The van der Waals surface area contributed by atoms with Gasteiger partial charge in [-0.25, -0.2) is 4.99 Å². The number of guanidine groups is 1. The number of hydrogen-bond donors (Lipinski definition) is 2. The van der Waals surface area contributed by atoms with Crippen molar-refractivity contribution in [2.45, 2.75) is 52.6 Å². The van der Waals surface area contributed by atoms with Gasteiger partial charge >= 0.3 is 0 Å². The number of methoxy groups -OCH3 is 3. The number of rotatable bonds is 11. The Morgan fingerprint density at radius 3 is 2.37 bits per heavy atom. The molecule has 0 saturated heterocycles. The summed E-state index contributed by atoms with van der Waals surface area (Å²) in [4.78, 5) is 4.67. The van der Waals surface area contributed by atoms with Gasteiger partial charge in [-0.2, -0.15) is 0 Å². The first kappa shape index (κ1) is 23.4. The third-order valence-corrected chi connectivity index (χ3v) is 4.95. The van der Waals surface area contributed by atoms with Gasteiger partial charge in [0.25, 0.3) is 0 Å². The molecule has 0 spiro atoms. The standard InChI is InChI=1S/C22H34N4O4/c1-7-15(8-2)18-12-17(30-26-18)14-25-22(23-9-3)24-13-16-10-11-19(27-4)21(29-6)20(16)28-5/h10-12,15H,7-9,13-14H2,1-6H3,(H2,23,24,25). The van der Waals surface area contributed by atoms with Crippen molar-refractivity contribution in [1.29, 1.82) is 0 Å². The molecule has 2 aromatic rings. The minimum Gasteiger partial charge on any atom is -0.493 e. The highest BCUT2D eigenvalue weighted by Crippen LogP contribution is 2.39. The Bertz CT molecular complexity index is 815. The second-order valence-electron chi connectivity index (χ2n) is 6.77. The fourth-order valence-corrected chi connectivity index (χ4v) is 3.28. The first-order valence-electron chi connectivity index (χ1n) is 10.4. The van der Waals surface area contributed by atoms with Gasteiger partial charge in [-0.05, 0) is 31.9 Å². The van der Waals surface area contributed by atoms with E-state index in [4.69, 9.17) is 18.7 Å². The van der Waals surface area contributed by atoms with Gasteiger partial charge in [-0.15, -0.1) is 0 Å². The smallest absolute Gasteiger partial charge is 0.203 e. The van der Waals surface area contributed by atoms with Crippen molar-refractivity contribution in [3.8, 4) is 17.2 Å². The number of benzene rings is 1. The van der Waals surface area contributed by atoms with E-state index in [1.165, 1.54) is 0 Å². The Labute approximate surface area is 179 Å². The average Bonchev–Trinajstić information content (AvgIpc) is 3.24. The van der Waals surface area contributed by atoms with Gasteiger partial charge in [0.2, 0.25) is 5.75 Å². The summed E-state index contributed by atoms with van der Waals surface area (Å²) in [6, 6.07) is 5.79. The van der Waals surface area contributed by atoms with Crippen LogP contribution in [0.5, 0.6) is 17.2 Å². The zero-order chi connectivity index (χ0) is 21.9. The van der Waals surface area contributed by atoms with Crippen LogP contribution >= 0.6 is 0 Å². The maximum atomic E-state index is 5.54. The second-order valence-corrected chi connectivity index (χ2v) is 6.77. The highest BCUT2D eigenvalue weighted by Gasteiger charge is 2.16. The van der Waals surface area contributed by atoms with E-state index >= 15 is 0 Å². The van der Waals surface area contributed by atoms with Crippen molar-refractivity contribution in [3.63, 3.8) is 0 Å². The number of ether oxygens (including phenoxy) is 3. The molecule has 2 rings (SSSR count). The third-order valence-electron chi connectivity index (χ3n) is 4.95. The molecule has 0 aliphatic carbocycles. The normalized spacial score (nSPS) is 11.5. The molecular weight excluding hydrogens is 384 g/mol. The van der Waals surface area contributed by atoms with Crippen LogP contribution in [0.1, 0.15) is 56.5 Å². The molecule has 30 heavy (non-hydrogen) atoms. The van der Waals surface area contributed by atoms with Crippen LogP contribution in [0.15, 0.2) is 27.7 Å². The fraction of sp³-hybridized carbons (Fsp3) is 0.545. The lowest BCUT2D eigenvalue weighted by Gasteiger charge is -2.15. The molecule has 0 saturated carbocycles. The quantitative estimate of drug-likeness (QED) is 0.423. The van der Waals surface area contributed by atoms with Crippen molar-refractivity contribution in [2.75, 3.05) is 27.9 Å². The first-order chi connectivity index (χ1) is 14.6. The predicted octanol–water partition coefficient (Wildman–Crippen LogP) is 3.86. The van der Waals surface area contributed by atoms with Crippen molar-refractivity contribution >= 4 is 5.96 Å². The summed E-state index contributed by atoms with van der Waals surface area (Å²) in [5.41, 5.74) is 1.90. The zero-order valence-electron chi connectivity index (χ0n) is 18.9. The molecule has 0 bridgehead atoms. The number of nitrogens with one attached hydrogen (secondary N) is 2. The molecule has 166 valence electrons. The lowest BCUT2D eigenvalue weighted by atomic mass is 9.99. The molecule has 0 radical (unpaired) electrons. The molecule has 0 atom stereocenters. The van der Waals surface area contributed by atoms with Gasteiger partial charge in [-0.3, -0.25) is 0 Å². The lowest BCUT2D eigenvalue weighted by molar-refractivity contribution is 0.322. The van der Waals surface area contributed by atoms with Crippen LogP contribution in [0.2, 0.25) is 0 Å². The van der Waals surface area contributed by atoms with Gasteiger partial charge in [0.05, 0.1) is 40.1 Å². The van der Waals surface area contributed by atoms with Crippen LogP contribution in [0.3, 0.4) is 0 Å². The van der Waals surface area contributed by atoms with Gasteiger partial charge in [-0.1, -0.05) is 19.0 Å². The molecule has 0 unspecified atom stereocenters. The number of aromatic nitrogens is 1. The minimum absolute atomic E-state index is 0.411. The van der Waals surface area contributed by atoms with Crippen LogP contribution in [0, 0.1) is 0 Å². The lowest BCUT2D eigenvalue weighted by Crippen LogP contribution is -2.36. The maximum absolute atomic E-state index is 5.54. The molecule has 2 N–H and O–H groups in total. The van der Waals surface area contributed by atoms with Crippen molar-refractivity contribution in [2.24, 2.45) is 4.99 Å². The summed E-state index contributed by atoms with van der Waals surface area (Å²) >= 11 is 0. The van der Waals surface area contributed by atoms with E-state index in [0.717, 1.165) is 36.4 Å². The number of aliphatic imine (C=N–C) groups is 1. The van der Waals surface area contributed by atoms with E-state index in [-0.39, 0.29) is 0 Å². The highest BCUT2D eigenvalue weighted by atomic mass is 16.5. The van der Waals surface area contributed by atoms with E-state index in [1.807, 2.05) is 25.1 Å². The first-order valence-corrected chi connectivity index (χ1v) is 10.4. The molecule has 8 heteroatoms. The van der Waals surface area contributed by atoms with Crippen LogP contribution in [-0.2, 0) is 13.1 Å². The van der Waals surface area contributed by atoms with E-state index in [0.29, 0.717) is 42.2 Å². The van der Waals surface area contributed by atoms with E-state index in [1.54, 1.807) is 21.3 Å². The van der Waals surface area contributed by atoms with Crippen LogP contribution < -0.4 is 24.8 Å². The van der Waals surface area contributed by atoms with Crippen LogP contribution in [0.25, 0.3) is 0 Å². The predicted molar refractivity (Wildman–Crippen MR) is 118 cm³/mol.